The lowest BCUT2D eigenvalue weighted by Crippen LogP contribution is -2.54. The number of fused-ring (bicyclic) bond motifs is 1. The van der Waals surface area contributed by atoms with Crippen molar-refractivity contribution in [1.82, 2.24) is 0 Å². The lowest BCUT2D eigenvalue weighted by molar-refractivity contribution is -0.262. The molecule has 1 aromatic carbocycles. The van der Waals surface area contributed by atoms with Crippen LogP contribution in [0.25, 0.3) is 0 Å². The zero-order valence-corrected chi connectivity index (χ0v) is 12.4. The third-order valence-electron chi connectivity index (χ3n) is 4.08. The van der Waals surface area contributed by atoms with Gasteiger partial charge < -0.3 is 15.6 Å². The smallest absolute Gasteiger partial charge is 0.418 e. The maximum absolute atomic E-state index is 13.7. The Hall–Kier alpha value is -1.34. The van der Waals surface area contributed by atoms with Crippen LogP contribution >= 0.6 is 0 Å². The highest BCUT2D eigenvalue weighted by Gasteiger charge is 2.55. The number of ether oxygens (including phenoxy) is 1. The molecule has 0 spiro atoms. The topological polar surface area (TPSA) is 55.5 Å². The number of hydrogen-bond donors (Lipinski definition) is 2. The van der Waals surface area contributed by atoms with Crippen molar-refractivity contribution < 1.29 is 27.4 Å². The van der Waals surface area contributed by atoms with Crippen LogP contribution in [0.4, 0.5) is 17.6 Å². The number of hydrogen-bond acceptors (Lipinski definition) is 3. The Kier molecular flexibility index (Phi) is 4.16. The molecule has 3 N–H and O–H groups in total. The molecule has 0 radical (unpaired) electrons. The maximum atomic E-state index is 13.7. The summed E-state index contributed by atoms with van der Waals surface area (Å²) in [6.45, 7) is 2.42. The first-order valence-corrected chi connectivity index (χ1v) is 6.95. The molecule has 2 rings (SSSR count). The Morgan fingerprint density at radius 1 is 1.27 bits per heavy atom. The second kappa shape index (κ2) is 5.38. The van der Waals surface area contributed by atoms with Crippen LogP contribution in [-0.2, 0) is 11.8 Å². The maximum Gasteiger partial charge on any atom is 0.418 e. The molecule has 3 nitrogen and oxygen atoms in total. The largest absolute Gasteiger partial charge is 0.493 e. The summed E-state index contributed by atoms with van der Waals surface area (Å²) < 4.78 is 58.4. The van der Waals surface area contributed by atoms with Crippen LogP contribution in [0, 0.1) is 5.82 Å². The highest BCUT2D eigenvalue weighted by atomic mass is 19.4. The molecule has 1 aliphatic heterocycles. The Labute approximate surface area is 126 Å². The molecule has 22 heavy (non-hydrogen) atoms. The molecule has 7 heteroatoms. The van der Waals surface area contributed by atoms with E-state index in [9.17, 15) is 22.7 Å². The van der Waals surface area contributed by atoms with Gasteiger partial charge in [0.15, 0.2) is 5.60 Å². The van der Waals surface area contributed by atoms with Crippen molar-refractivity contribution in [2.45, 2.75) is 43.9 Å². The molecule has 0 aliphatic carbocycles. The molecule has 124 valence electrons. The minimum atomic E-state index is -4.86. The third kappa shape index (κ3) is 2.92. The van der Waals surface area contributed by atoms with Gasteiger partial charge in [0.05, 0.1) is 6.61 Å². The highest BCUT2D eigenvalue weighted by Crippen LogP contribution is 2.45. The number of halogens is 4. The summed E-state index contributed by atoms with van der Waals surface area (Å²) in [5.74, 6) is -0.122. The zero-order valence-electron chi connectivity index (χ0n) is 12.4. The Morgan fingerprint density at radius 3 is 2.45 bits per heavy atom. The van der Waals surface area contributed by atoms with Gasteiger partial charge in [-0.15, -0.1) is 0 Å². The van der Waals surface area contributed by atoms with Crippen LogP contribution in [0.5, 0.6) is 5.75 Å². The predicted octanol–water partition coefficient (Wildman–Crippen LogP) is 2.68. The first-order valence-electron chi connectivity index (χ1n) is 6.95. The molecule has 1 unspecified atom stereocenters. The second-order valence-electron chi connectivity index (χ2n) is 6.33. The van der Waals surface area contributed by atoms with E-state index in [0.717, 1.165) is 6.07 Å². The number of benzene rings is 1. The van der Waals surface area contributed by atoms with Crippen LogP contribution in [0.3, 0.4) is 0 Å². The summed E-state index contributed by atoms with van der Waals surface area (Å²) in [5.41, 5.74) is 1.89. The Bertz CT molecular complexity index is 571. The molecule has 0 aromatic heterocycles. The molecule has 0 bridgehead atoms. The van der Waals surface area contributed by atoms with E-state index in [-0.39, 0.29) is 0 Å². The Balaban J connectivity index is 2.43. The van der Waals surface area contributed by atoms with Crippen molar-refractivity contribution in [2.24, 2.45) is 5.73 Å². The van der Waals surface area contributed by atoms with Crippen LogP contribution in [0.2, 0.25) is 0 Å². The second-order valence-corrected chi connectivity index (χ2v) is 6.33. The first-order chi connectivity index (χ1) is 10.00. The van der Waals surface area contributed by atoms with E-state index >= 15 is 0 Å². The lowest BCUT2D eigenvalue weighted by Gasteiger charge is -2.37. The van der Waals surface area contributed by atoms with Crippen molar-refractivity contribution in [1.29, 1.82) is 0 Å². The number of aliphatic hydroxyl groups is 1. The van der Waals surface area contributed by atoms with Gasteiger partial charge in [0, 0.05) is 24.1 Å². The summed E-state index contributed by atoms with van der Waals surface area (Å²) in [5, 5.41) is 9.89. The van der Waals surface area contributed by atoms with E-state index < -0.39 is 36.0 Å². The number of alkyl halides is 3. The Morgan fingerprint density at radius 2 is 1.91 bits per heavy atom. The molecular formula is C15H19F4NO2. The van der Waals surface area contributed by atoms with Crippen LogP contribution in [0.1, 0.15) is 31.4 Å². The third-order valence-corrected chi connectivity index (χ3v) is 4.08. The van der Waals surface area contributed by atoms with Gasteiger partial charge in [-0.1, -0.05) is 13.8 Å². The first kappa shape index (κ1) is 17.0. The van der Waals surface area contributed by atoms with Crippen LogP contribution < -0.4 is 10.5 Å². The molecule has 0 saturated heterocycles. The van der Waals surface area contributed by atoms with Crippen LogP contribution in [-0.4, -0.2) is 30.0 Å². The molecule has 1 heterocycles. The van der Waals surface area contributed by atoms with Gasteiger partial charge in [-0.2, -0.15) is 13.2 Å². The average Bonchev–Trinajstić information content (AvgIpc) is 2.83. The quantitative estimate of drug-likeness (QED) is 0.838. The van der Waals surface area contributed by atoms with Gasteiger partial charge in [-0.3, -0.25) is 0 Å². The van der Waals surface area contributed by atoms with Gasteiger partial charge in [-0.25, -0.2) is 4.39 Å². The van der Waals surface area contributed by atoms with E-state index in [1.807, 2.05) is 0 Å². The summed E-state index contributed by atoms with van der Waals surface area (Å²) in [6.07, 6.45) is -5.04. The van der Waals surface area contributed by atoms with Gasteiger partial charge in [0.1, 0.15) is 11.6 Å². The fourth-order valence-corrected chi connectivity index (χ4v) is 2.89. The van der Waals surface area contributed by atoms with Gasteiger partial charge in [0.25, 0.3) is 0 Å². The SMILES string of the molecule is CC(C)(CC(O)(CN)C(F)(F)F)c1cc(F)cc2c1OCC2. The van der Waals surface area contributed by atoms with E-state index in [0.29, 0.717) is 29.9 Å². The fraction of sp³-hybridized carbons (Fsp3) is 0.600. The van der Waals surface area contributed by atoms with Crippen LogP contribution in [0.15, 0.2) is 12.1 Å². The molecule has 0 saturated carbocycles. The molecule has 0 fully saturated rings. The highest BCUT2D eigenvalue weighted by molar-refractivity contribution is 5.48. The summed E-state index contributed by atoms with van der Waals surface area (Å²) in [7, 11) is 0. The molecule has 1 aliphatic rings. The number of rotatable bonds is 4. The van der Waals surface area contributed by atoms with E-state index in [2.05, 4.69) is 0 Å². The van der Waals surface area contributed by atoms with Crippen molar-refractivity contribution >= 4 is 0 Å². The van der Waals surface area contributed by atoms with E-state index in [4.69, 9.17) is 10.5 Å². The summed E-state index contributed by atoms with van der Waals surface area (Å²) in [4.78, 5) is 0. The molecule has 1 atom stereocenters. The molecule has 1 aromatic rings. The van der Waals surface area contributed by atoms with Gasteiger partial charge >= 0.3 is 6.18 Å². The summed E-state index contributed by atoms with van der Waals surface area (Å²) >= 11 is 0. The average molecular weight is 321 g/mol. The van der Waals surface area contributed by atoms with Gasteiger partial charge in [0.2, 0.25) is 0 Å². The fourth-order valence-electron chi connectivity index (χ4n) is 2.89. The van der Waals surface area contributed by atoms with Crippen molar-refractivity contribution in [3.05, 3.63) is 29.1 Å². The standard InChI is InChI=1S/C15H19F4NO2/c1-13(2,7-14(21,8-20)15(17,18)19)11-6-10(16)5-9-3-4-22-12(9)11/h5-6,21H,3-4,7-8,20H2,1-2H3. The minimum Gasteiger partial charge on any atom is -0.493 e. The van der Waals surface area contributed by atoms with Crippen molar-refractivity contribution in [3.8, 4) is 5.75 Å². The molecular weight excluding hydrogens is 302 g/mol. The monoisotopic (exact) mass is 321 g/mol. The van der Waals surface area contributed by atoms with Gasteiger partial charge in [-0.05, 0) is 24.0 Å². The van der Waals surface area contributed by atoms with E-state index in [1.54, 1.807) is 0 Å². The molecule has 0 amide bonds. The van der Waals surface area contributed by atoms with Crippen molar-refractivity contribution in [2.75, 3.05) is 13.2 Å². The minimum absolute atomic E-state index is 0.316. The zero-order chi connectivity index (χ0) is 16.8. The summed E-state index contributed by atoms with van der Waals surface area (Å²) in [6, 6.07) is 2.48. The number of nitrogens with two attached hydrogens (primary N) is 1. The predicted molar refractivity (Wildman–Crippen MR) is 73.3 cm³/mol. The lowest BCUT2D eigenvalue weighted by atomic mass is 9.74. The van der Waals surface area contributed by atoms with Crippen molar-refractivity contribution in [3.63, 3.8) is 0 Å². The normalized spacial score (nSPS) is 17.8. The van der Waals surface area contributed by atoms with E-state index in [1.165, 1.54) is 19.9 Å².